The van der Waals surface area contributed by atoms with Crippen molar-refractivity contribution in [2.24, 2.45) is 0 Å². The number of fused-ring (bicyclic) bond motifs is 30. The van der Waals surface area contributed by atoms with Crippen LogP contribution in [0.4, 0.5) is 0 Å². The molecule has 9 heterocycles. The molecule has 0 aliphatic rings. The van der Waals surface area contributed by atoms with Gasteiger partial charge in [-0.05, 0) is 124 Å². The third-order valence-corrected chi connectivity index (χ3v) is 29.9. The number of benzene rings is 21. The Morgan fingerprint density at radius 2 is 0.493 bits per heavy atom. The summed E-state index contributed by atoms with van der Waals surface area (Å²) in [6, 6.07) is 161. The summed E-state index contributed by atoms with van der Waals surface area (Å²) >= 11 is 3.50. The molecule has 0 saturated carbocycles. The van der Waals surface area contributed by atoms with E-state index in [0.29, 0.717) is 23.4 Å². The SMILES string of the molecule is c1ccc(-c2ccc(-c3nc(-n4c5ccc6ccccc6c5c5ccc6ccccc6c54)nc4c3oc3ccccc34)cc2)cc1.c1ccc(-c2ccc(-c3nc(-n4c5ccc6ccccc6c5c5ccc6ccccc6c54)nc4c3sc3ccccc34)cc2)cc1.c1ccc(-c2ccc(-c3nc(-n4c5ccc6ccccc6c5c5ccc6ccccc6c54)nc4sc5ccccc5c34)cc2)cc1. The van der Waals surface area contributed by atoms with E-state index in [1.54, 1.807) is 22.7 Å². The average molecular weight is 1800 g/mol. The first-order valence-corrected chi connectivity index (χ1v) is 48.2. The van der Waals surface area contributed by atoms with E-state index in [4.69, 9.17) is 34.3 Å². The lowest BCUT2D eigenvalue weighted by molar-refractivity contribution is 0.666. The normalized spacial score (nSPS) is 11.9. The number of nitrogens with zero attached hydrogens (tertiary/aromatic N) is 9. The second-order valence-electron chi connectivity index (χ2n) is 35.4. The Bertz CT molecular complexity index is 9830. The van der Waals surface area contributed by atoms with Gasteiger partial charge in [0.15, 0.2) is 5.58 Å². The van der Waals surface area contributed by atoms with E-state index in [1.807, 2.05) is 24.3 Å². The van der Waals surface area contributed by atoms with Crippen molar-refractivity contribution in [3.05, 3.63) is 455 Å². The molecule has 0 aliphatic carbocycles. The van der Waals surface area contributed by atoms with Crippen LogP contribution in [0.3, 0.4) is 0 Å². The molecule has 30 rings (SSSR count). The highest BCUT2D eigenvalue weighted by atomic mass is 32.1. The summed E-state index contributed by atoms with van der Waals surface area (Å²) in [6.45, 7) is 0. The van der Waals surface area contributed by atoms with Gasteiger partial charge < -0.3 is 4.42 Å². The predicted molar refractivity (Wildman–Crippen MR) is 580 cm³/mol. The van der Waals surface area contributed by atoms with Gasteiger partial charge in [-0.1, -0.05) is 413 Å². The van der Waals surface area contributed by atoms with Crippen LogP contribution in [0, 0.1) is 0 Å². The van der Waals surface area contributed by atoms with Crippen LogP contribution in [0.2, 0.25) is 0 Å². The van der Waals surface area contributed by atoms with Gasteiger partial charge in [0.25, 0.3) is 0 Å². The molecule has 642 valence electrons. The summed E-state index contributed by atoms with van der Waals surface area (Å²) < 4.78 is 16.9. The van der Waals surface area contributed by atoms with Crippen LogP contribution in [-0.2, 0) is 0 Å². The number of thiophene rings is 2. The molecule has 0 radical (unpaired) electrons. The quantitative estimate of drug-likeness (QED) is 0.142. The van der Waals surface area contributed by atoms with Gasteiger partial charge in [-0.2, -0.15) is 0 Å². The summed E-state index contributed by atoms with van der Waals surface area (Å²) in [4.78, 5) is 33.4. The molecule has 30 aromatic rings. The maximum Gasteiger partial charge on any atom is 0.236 e. The molecule has 138 heavy (non-hydrogen) atoms. The number of para-hydroxylation sites is 1. The molecule has 10 nitrogen and oxygen atoms in total. The van der Waals surface area contributed by atoms with E-state index >= 15 is 0 Å². The highest BCUT2D eigenvalue weighted by Gasteiger charge is 2.29. The second-order valence-corrected chi connectivity index (χ2v) is 37.5. The molecule has 0 spiro atoms. The Morgan fingerprint density at radius 3 is 0.935 bits per heavy atom. The van der Waals surface area contributed by atoms with Crippen molar-refractivity contribution in [1.82, 2.24) is 43.6 Å². The minimum Gasteiger partial charge on any atom is -0.452 e. The molecular formula is C126H75N9OS2. The highest BCUT2D eigenvalue weighted by molar-refractivity contribution is 7.26. The van der Waals surface area contributed by atoms with E-state index in [0.717, 1.165) is 120 Å². The number of rotatable bonds is 9. The molecule has 0 saturated heterocycles. The topological polar surface area (TPSA) is 105 Å². The molecule has 0 fully saturated rings. The van der Waals surface area contributed by atoms with Crippen molar-refractivity contribution in [3.63, 3.8) is 0 Å². The van der Waals surface area contributed by atoms with Crippen LogP contribution in [0.15, 0.2) is 459 Å². The van der Waals surface area contributed by atoms with E-state index < -0.39 is 0 Å². The van der Waals surface area contributed by atoms with Gasteiger partial charge in [0.1, 0.15) is 21.6 Å². The van der Waals surface area contributed by atoms with Crippen molar-refractivity contribution in [2.75, 3.05) is 0 Å². The van der Waals surface area contributed by atoms with Crippen molar-refractivity contribution >= 4 is 215 Å². The summed E-state index contributed by atoms with van der Waals surface area (Å²) in [6.07, 6.45) is 0. The van der Waals surface area contributed by atoms with Crippen molar-refractivity contribution < 1.29 is 4.42 Å². The molecule has 21 aromatic carbocycles. The third-order valence-electron chi connectivity index (χ3n) is 27.7. The fraction of sp³-hybridized carbons (Fsp3) is 0. The monoisotopic (exact) mass is 1790 g/mol. The zero-order valence-corrected chi connectivity index (χ0v) is 75.7. The van der Waals surface area contributed by atoms with Gasteiger partial charge >= 0.3 is 0 Å². The van der Waals surface area contributed by atoms with Crippen LogP contribution in [-0.4, -0.2) is 43.6 Å². The summed E-state index contributed by atoms with van der Waals surface area (Å²) in [5.41, 5.74) is 22.8. The fourth-order valence-electron chi connectivity index (χ4n) is 21.3. The number of hydrogen-bond acceptors (Lipinski definition) is 9. The van der Waals surface area contributed by atoms with Gasteiger partial charge in [-0.3, -0.25) is 13.7 Å². The average Bonchev–Trinajstić information content (AvgIpc) is 1.56. The second kappa shape index (κ2) is 31.9. The van der Waals surface area contributed by atoms with Crippen LogP contribution in [0.25, 0.3) is 278 Å². The molecular weight excluding hydrogens is 1720 g/mol. The zero-order chi connectivity index (χ0) is 90.6. The summed E-state index contributed by atoms with van der Waals surface area (Å²) in [5, 5.41) is 26.1. The molecule has 0 unspecified atom stereocenters. The molecule has 0 atom stereocenters. The lowest BCUT2D eigenvalue weighted by Gasteiger charge is -2.12. The van der Waals surface area contributed by atoms with E-state index in [2.05, 4.69) is 444 Å². The first-order valence-electron chi connectivity index (χ1n) is 46.5. The molecule has 0 amide bonds. The van der Waals surface area contributed by atoms with Crippen LogP contribution >= 0.6 is 22.7 Å². The molecule has 9 aromatic heterocycles. The van der Waals surface area contributed by atoms with Gasteiger partial charge in [-0.25, -0.2) is 29.9 Å². The molecule has 0 aliphatic heterocycles. The summed E-state index contributed by atoms with van der Waals surface area (Å²) in [5.74, 6) is 1.99. The maximum absolute atomic E-state index is 6.49. The van der Waals surface area contributed by atoms with Crippen molar-refractivity contribution in [3.8, 4) is 85.0 Å². The van der Waals surface area contributed by atoms with E-state index in [-0.39, 0.29) is 0 Å². The minimum absolute atomic E-state index is 0.618. The lowest BCUT2D eigenvalue weighted by Crippen LogP contribution is -2.03. The van der Waals surface area contributed by atoms with E-state index in [1.165, 1.54) is 134 Å². The highest BCUT2D eigenvalue weighted by Crippen LogP contribution is 2.49. The Hall–Kier alpha value is -17.9. The Morgan fingerprint density at radius 1 is 0.188 bits per heavy atom. The van der Waals surface area contributed by atoms with Gasteiger partial charge in [0.2, 0.25) is 17.8 Å². The van der Waals surface area contributed by atoms with E-state index in [9.17, 15) is 0 Å². The van der Waals surface area contributed by atoms with Crippen LogP contribution < -0.4 is 0 Å². The number of furan rings is 1. The largest absolute Gasteiger partial charge is 0.452 e. The predicted octanol–water partition coefficient (Wildman–Crippen LogP) is 34.3. The first-order chi connectivity index (χ1) is 68.4. The zero-order valence-electron chi connectivity index (χ0n) is 74.1. The standard InChI is InChI=1S/C42H25N3O.2C42H25N3S/c1-2-10-26(11-3-1)27-18-20-30(21-19-27)38-41-39(33-16-8-9-17-36(33)46-41)44-42(43-38)45-35-25-23-28-12-4-6-14-31(28)37(35)34-24-22-29-13-5-7-15-32(29)40(34)45;1-2-10-26(11-3-1)27-18-20-30(21-19-27)39-38-33-16-8-9-17-36(33)46-41(38)44-42(43-39)45-35-25-23-28-12-4-6-14-31(28)37(35)34-24-22-29-13-5-7-15-32(29)40(34)45;1-2-10-26(11-3-1)27-18-20-30(21-19-27)38-41-39(33-16-8-9-17-36(33)46-41)44-42(43-38)45-35-25-23-28-12-4-6-14-31(28)37(35)34-24-22-29-13-5-7-15-32(29)40(34)45/h3*1-25H. The van der Waals surface area contributed by atoms with Gasteiger partial charge in [0.05, 0.1) is 54.7 Å². The summed E-state index contributed by atoms with van der Waals surface area (Å²) in [7, 11) is 0. The Balaban J connectivity index is 0.000000102. The van der Waals surface area contributed by atoms with Crippen molar-refractivity contribution in [2.45, 2.75) is 0 Å². The molecule has 0 N–H and O–H groups in total. The number of hydrogen-bond donors (Lipinski definition) is 0. The Kier molecular flexibility index (Phi) is 18.2. The maximum atomic E-state index is 6.49. The van der Waals surface area contributed by atoms with Crippen LogP contribution in [0.5, 0.6) is 0 Å². The minimum atomic E-state index is 0.618. The van der Waals surface area contributed by atoms with Gasteiger partial charge in [0, 0.05) is 96.1 Å². The fourth-order valence-corrected chi connectivity index (χ4v) is 23.5. The lowest BCUT2D eigenvalue weighted by atomic mass is 10.0. The third kappa shape index (κ3) is 12.7. The van der Waals surface area contributed by atoms with Gasteiger partial charge in [-0.15, -0.1) is 22.7 Å². The molecule has 0 bridgehead atoms. The molecule has 12 heteroatoms. The Labute approximate surface area is 797 Å². The smallest absolute Gasteiger partial charge is 0.236 e. The van der Waals surface area contributed by atoms with Crippen molar-refractivity contribution in [1.29, 1.82) is 0 Å². The first kappa shape index (κ1) is 78.7. The van der Waals surface area contributed by atoms with Crippen LogP contribution in [0.1, 0.15) is 0 Å². The number of aromatic nitrogens is 9.